The number of halogens is 2. The van der Waals surface area contributed by atoms with E-state index in [1.165, 1.54) is 0 Å². The van der Waals surface area contributed by atoms with E-state index in [0.717, 1.165) is 21.3 Å². The number of hydrogen-bond donors (Lipinski definition) is 2. The van der Waals surface area contributed by atoms with Gasteiger partial charge in [0, 0.05) is 22.1 Å². The van der Waals surface area contributed by atoms with Crippen molar-refractivity contribution >= 4 is 27.5 Å². The molecule has 5 heteroatoms. The van der Waals surface area contributed by atoms with E-state index in [-0.39, 0.29) is 0 Å². The minimum atomic E-state index is 0.443. The van der Waals surface area contributed by atoms with Gasteiger partial charge in [-0.3, -0.25) is 5.10 Å². The summed E-state index contributed by atoms with van der Waals surface area (Å²) in [6.45, 7) is 0.443. The third-order valence-electron chi connectivity index (χ3n) is 2.14. The number of benzene rings is 1. The van der Waals surface area contributed by atoms with Gasteiger partial charge in [0.1, 0.15) is 0 Å². The SMILES string of the molecule is NCc1cn[nH]c1-c1ccc(Br)cc1Cl. The number of nitrogens with two attached hydrogens (primary N) is 1. The molecule has 0 spiro atoms. The van der Waals surface area contributed by atoms with Crippen LogP contribution in [0.2, 0.25) is 5.02 Å². The fraction of sp³-hybridized carbons (Fsp3) is 0.100. The average Bonchev–Trinajstić information content (AvgIpc) is 2.65. The van der Waals surface area contributed by atoms with Gasteiger partial charge in [-0.25, -0.2) is 0 Å². The Morgan fingerprint density at radius 2 is 2.27 bits per heavy atom. The number of nitrogens with one attached hydrogen (secondary N) is 1. The highest BCUT2D eigenvalue weighted by Gasteiger charge is 2.09. The van der Waals surface area contributed by atoms with E-state index < -0.39 is 0 Å². The van der Waals surface area contributed by atoms with E-state index in [1.54, 1.807) is 6.20 Å². The molecule has 1 heterocycles. The molecular weight excluding hydrogens is 277 g/mol. The fourth-order valence-electron chi connectivity index (χ4n) is 1.39. The maximum Gasteiger partial charge on any atom is 0.0710 e. The first-order valence-corrected chi connectivity index (χ1v) is 5.57. The van der Waals surface area contributed by atoms with E-state index in [1.807, 2.05) is 18.2 Å². The summed E-state index contributed by atoms with van der Waals surface area (Å²) < 4.78 is 0.949. The third-order valence-corrected chi connectivity index (χ3v) is 2.94. The smallest absolute Gasteiger partial charge is 0.0710 e. The fourth-order valence-corrected chi connectivity index (χ4v) is 2.16. The third kappa shape index (κ3) is 2.07. The molecule has 1 aromatic carbocycles. The molecule has 3 N–H and O–H groups in total. The molecular formula is C10H9BrClN3. The average molecular weight is 287 g/mol. The molecule has 0 aliphatic carbocycles. The number of nitrogens with zero attached hydrogens (tertiary/aromatic N) is 1. The van der Waals surface area contributed by atoms with Crippen LogP contribution in [0.5, 0.6) is 0 Å². The summed E-state index contributed by atoms with van der Waals surface area (Å²) >= 11 is 9.49. The molecule has 0 aliphatic rings. The van der Waals surface area contributed by atoms with Gasteiger partial charge in [0.2, 0.25) is 0 Å². The summed E-state index contributed by atoms with van der Waals surface area (Å²) in [6, 6.07) is 5.71. The largest absolute Gasteiger partial charge is 0.326 e. The van der Waals surface area contributed by atoms with Gasteiger partial charge in [-0.2, -0.15) is 5.10 Å². The topological polar surface area (TPSA) is 54.7 Å². The highest BCUT2D eigenvalue weighted by molar-refractivity contribution is 9.10. The Morgan fingerprint density at radius 3 is 2.93 bits per heavy atom. The van der Waals surface area contributed by atoms with E-state index >= 15 is 0 Å². The van der Waals surface area contributed by atoms with Crippen molar-refractivity contribution in [1.29, 1.82) is 0 Å². The minimum Gasteiger partial charge on any atom is -0.326 e. The highest BCUT2D eigenvalue weighted by Crippen LogP contribution is 2.30. The van der Waals surface area contributed by atoms with Gasteiger partial charge >= 0.3 is 0 Å². The lowest BCUT2D eigenvalue weighted by Crippen LogP contribution is -1.96. The molecule has 0 unspecified atom stereocenters. The summed E-state index contributed by atoms with van der Waals surface area (Å²) in [5.41, 5.74) is 8.36. The Hall–Kier alpha value is -0.840. The monoisotopic (exact) mass is 285 g/mol. The highest BCUT2D eigenvalue weighted by atomic mass is 79.9. The maximum atomic E-state index is 6.13. The summed E-state index contributed by atoms with van der Waals surface area (Å²) in [4.78, 5) is 0. The van der Waals surface area contributed by atoms with Crippen molar-refractivity contribution in [1.82, 2.24) is 10.2 Å². The molecule has 0 radical (unpaired) electrons. The predicted octanol–water partition coefficient (Wildman–Crippen LogP) is 2.95. The predicted molar refractivity (Wildman–Crippen MR) is 64.6 cm³/mol. The van der Waals surface area contributed by atoms with Crippen molar-refractivity contribution < 1.29 is 0 Å². The second-order valence-corrected chi connectivity index (χ2v) is 4.42. The van der Waals surface area contributed by atoms with Crippen LogP contribution in [0.1, 0.15) is 5.56 Å². The molecule has 2 rings (SSSR count). The summed E-state index contributed by atoms with van der Waals surface area (Å²) in [6.07, 6.45) is 1.72. The van der Waals surface area contributed by atoms with E-state index in [0.29, 0.717) is 11.6 Å². The van der Waals surface area contributed by atoms with Crippen molar-refractivity contribution in [3.8, 4) is 11.3 Å². The Balaban J connectivity index is 2.54. The Kier molecular flexibility index (Phi) is 3.09. The summed E-state index contributed by atoms with van der Waals surface area (Å²) in [5, 5.41) is 7.53. The normalized spacial score (nSPS) is 10.6. The van der Waals surface area contributed by atoms with Gasteiger partial charge < -0.3 is 5.73 Å². The van der Waals surface area contributed by atoms with Crippen molar-refractivity contribution in [3.05, 3.63) is 39.5 Å². The van der Waals surface area contributed by atoms with Crippen molar-refractivity contribution in [2.75, 3.05) is 0 Å². The molecule has 0 fully saturated rings. The lowest BCUT2D eigenvalue weighted by molar-refractivity contribution is 1.08. The van der Waals surface area contributed by atoms with Crippen LogP contribution in [0.3, 0.4) is 0 Å². The second-order valence-electron chi connectivity index (χ2n) is 3.10. The molecule has 0 atom stereocenters. The summed E-state index contributed by atoms with van der Waals surface area (Å²) in [7, 11) is 0. The Bertz CT molecular complexity index is 481. The Labute approximate surface area is 101 Å². The number of rotatable bonds is 2. The molecule has 2 aromatic rings. The van der Waals surface area contributed by atoms with Crippen LogP contribution in [0.4, 0.5) is 0 Å². The first kappa shape index (κ1) is 10.7. The standard InChI is InChI=1S/C10H9BrClN3/c11-7-1-2-8(9(12)3-7)10-6(4-13)5-14-15-10/h1-3,5H,4,13H2,(H,14,15). The van der Waals surface area contributed by atoms with Crippen LogP contribution in [0, 0.1) is 0 Å². The van der Waals surface area contributed by atoms with Crippen LogP contribution in [0.25, 0.3) is 11.3 Å². The molecule has 0 saturated carbocycles. The van der Waals surface area contributed by atoms with Crippen molar-refractivity contribution in [2.45, 2.75) is 6.54 Å². The van der Waals surface area contributed by atoms with Crippen molar-refractivity contribution in [2.24, 2.45) is 5.73 Å². The van der Waals surface area contributed by atoms with Gasteiger partial charge in [-0.15, -0.1) is 0 Å². The molecule has 15 heavy (non-hydrogen) atoms. The zero-order chi connectivity index (χ0) is 10.8. The number of aromatic nitrogens is 2. The van der Waals surface area contributed by atoms with Crippen LogP contribution in [-0.4, -0.2) is 10.2 Å². The lowest BCUT2D eigenvalue weighted by atomic mass is 10.1. The zero-order valence-electron chi connectivity index (χ0n) is 7.80. The van der Waals surface area contributed by atoms with Gasteiger partial charge in [-0.05, 0) is 12.1 Å². The molecule has 0 bridgehead atoms. The quantitative estimate of drug-likeness (QED) is 0.892. The number of aromatic amines is 1. The first-order chi connectivity index (χ1) is 7.22. The van der Waals surface area contributed by atoms with E-state index in [2.05, 4.69) is 26.1 Å². The maximum absolute atomic E-state index is 6.13. The molecule has 78 valence electrons. The van der Waals surface area contributed by atoms with Gasteiger partial charge in [0.15, 0.2) is 0 Å². The number of H-pyrrole nitrogens is 1. The molecule has 0 aliphatic heterocycles. The first-order valence-electron chi connectivity index (χ1n) is 4.40. The van der Waals surface area contributed by atoms with Gasteiger partial charge in [0.25, 0.3) is 0 Å². The molecule has 0 saturated heterocycles. The van der Waals surface area contributed by atoms with Gasteiger partial charge in [0.05, 0.1) is 16.9 Å². The van der Waals surface area contributed by atoms with Crippen LogP contribution in [0.15, 0.2) is 28.9 Å². The molecule has 1 aromatic heterocycles. The molecule has 0 amide bonds. The minimum absolute atomic E-state index is 0.443. The zero-order valence-corrected chi connectivity index (χ0v) is 10.1. The van der Waals surface area contributed by atoms with E-state index in [4.69, 9.17) is 17.3 Å². The Morgan fingerprint density at radius 1 is 1.47 bits per heavy atom. The second kappa shape index (κ2) is 4.35. The van der Waals surface area contributed by atoms with Crippen LogP contribution >= 0.6 is 27.5 Å². The van der Waals surface area contributed by atoms with E-state index in [9.17, 15) is 0 Å². The van der Waals surface area contributed by atoms with Crippen molar-refractivity contribution in [3.63, 3.8) is 0 Å². The van der Waals surface area contributed by atoms with Crippen LogP contribution < -0.4 is 5.73 Å². The van der Waals surface area contributed by atoms with Crippen LogP contribution in [-0.2, 0) is 6.54 Å². The van der Waals surface area contributed by atoms with Gasteiger partial charge in [-0.1, -0.05) is 33.6 Å². The molecule has 3 nitrogen and oxygen atoms in total. The lowest BCUT2D eigenvalue weighted by Gasteiger charge is -2.04. The summed E-state index contributed by atoms with van der Waals surface area (Å²) in [5.74, 6) is 0. The number of hydrogen-bond acceptors (Lipinski definition) is 2.